The van der Waals surface area contributed by atoms with E-state index in [-0.39, 0.29) is 29.8 Å². The molecule has 1 aliphatic rings. The molecule has 8 heteroatoms. The van der Waals surface area contributed by atoms with Crippen molar-refractivity contribution in [1.82, 2.24) is 10.2 Å². The van der Waals surface area contributed by atoms with Crippen molar-refractivity contribution >= 4 is 35.0 Å². The van der Waals surface area contributed by atoms with E-state index in [2.05, 4.69) is 12.2 Å². The quantitative estimate of drug-likeness (QED) is 0.340. The highest BCUT2D eigenvalue weighted by atomic mass is 35.5. The van der Waals surface area contributed by atoms with Gasteiger partial charge in [0.25, 0.3) is 0 Å². The summed E-state index contributed by atoms with van der Waals surface area (Å²) in [5.41, 5.74) is 1.65. The highest BCUT2D eigenvalue weighted by Gasteiger charge is 2.33. The molecule has 0 bridgehead atoms. The standard InChI is InChI=1S/C29H38Cl2N2O4/c1-19(2)37-25-14-9-22(17-26(25)36-4)28(29(35)32-24-12-5-20(3)6-13-24)33(27(34)18-30)16-15-21-7-10-23(31)11-8-21/h7-11,14,17,19-20,24,28H,5-6,12-13,15-16,18H2,1-4H3,(H,32,35)/t20?,24?,28-/m1/s1. The zero-order valence-corrected chi connectivity index (χ0v) is 23.6. The molecule has 0 spiro atoms. The van der Waals surface area contributed by atoms with Gasteiger partial charge in [-0.05, 0) is 87.3 Å². The maximum Gasteiger partial charge on any atom is 0.247 e. The topological polar surface area (TPSA) is 67.9 Å². The van der Waals surface area contributed by atoms with Gasteiger partial charge in [0.05, 0.1) is 13.2 Å². The number of benzene rings is 2. The van der Waals surface area contributed by atoms with Crippen molar-refractivity contribution in [2.75, 3.05) is 19.5 Å². The molecule has 202 valence electrons. The van der Waals surface area contributed by atoms with Gasteiger partial charge < -0.3 is 19.7 Å². The van der Waals surface area contributed by atoms with Crippen LogP contribution in [-0.4, -0.2) is 48.4 Å². The van der Waals surface area contributed by atoms with Crippen LogP contribution in [-0.2, 0) is 16.0 Å². The highest BCUT2D eigenvalue weighted by Crippen LogP contribution is 2.34. The normalized spacial score (nSPS) is 18.2. The van der Waals surface area contributed by atoms with E-state index in [9.17, 15) is 9.59 Å². The zero-order chi connectivity index (χ0) is 26.9. The van der Waals surface area contributed by atoms with Crippen molar-refractivity contribution in [3.05, 3.63) is 58.6 Å². The second-order valence-electron chi connectivity index (χ2n) is 10.0. The van der Waals surface area contributed by atoms with Crippen LogP contribution in [0, 0.1) is 5.92 Å². The van der Waals surface area contributed by atoms with E-state index in [0.29, 0.717) is 41.0 Å². The van der Waals surface area contributed by atoms with Gasteiger partial charge in [0, 0.05) is 17.6 Å². The first-order valence-electron chi connectivity index (χ1n) is 13.0. The van der Waals surface area contributed by atoms with Gasteiger partial charge in [-0.3, -0.25) is 9.59 Å². The molecule has 0 aromatic heterocycles. The van der Waals surface area contributed by atoms with Crippen molar-refractivity contribution in [1.29, 1.82) is 0 Å². The number of nitrogens with one attached hydrogen (secondary N) is 1. The summed E-state index contributed by atoms with van der Waals surface area (Å²) < 4.78 is 11.5. The van der Waals surface area contributed by atoms with Gasteiger partial charge in [-0.2, -0.15) is 0 Å². The molecule has 1 saturated carbocycles. The first-order valence-corrected chi connectivity index (χ1v) is 13.9. The minimum absolute atomic E-state index is 0.0405. The number of carbonyl (C=O) groups excluding carboxylic acids is 2. The van der Waals surface area contributed by atoms with Crippen LogP contribution in [0.1, 0.15) is 63.6 Å². The molecular weight excluding hydrogens is 511 g/mol. The number of amides is 2. The summed E-state index contributed by atoms with van der Waals surface area (Å²) in [7, 11) is 1.56. The van der Waals surface area contributed by atoms with E-state index in [1.807, 2.05) is 44.2 Å². The molecule has 3 rings (SSSR count). The van der Waals surface area contributed by atoms with Gasteiger partial charge in [0.1, 0.15) is 11.9 Å². The number of hydrogen-bond donors (Lipinski definition) is 1. The number of methoxy groups -OCH3 is 1. The monoisotopic (exact) mass is 548 g/mol. The number of alkyl halides is 1. The van der Waals surface area contributed by atoms with Gasteiger partial charge in [-0.1, -0.05) is 36.7 Å². The SMILES string of the molecule is COc1cc([C@H](C(=O)NC2CCC(C)CC2)N(CCc2ccc(Cl)cc2)C(=O)CCl)ccc1OC(C)C. The van der Waals surface area contributed by atoms with Gasteiger partial charge in [0.2, 0.25) is 11.8 Å². The minimum atomic E-state index is -0.861. The summed E-state index contributed by atoms with van der Waals surface area (Å²) >= 11 is 12.1. The van der Waals surface area contributed by atoms with E-state index in [0.717, 1.165) is 31.2 Å². The Balaban J connectivity index is 1.95. The lowest BCUT2D eigenvalue weighted by Crippen LogP contribution is -2.48. The summed E-state index contributed by atoms with van der Waals surface area (Å²) in [6, 6.07) is 12.1. The fraction of sp³-hybridized carbons (Fsp3) is 0.517. The highest BCUT2D eigenvalue weighted by molar-refractivity contribution is 6.30. The molecule has 0 aliphatic heterocycles. The van der Waals surface area contributed by atoms with Crippen LogP contribution in [0.25, 0.3) is 0 Å². The second-order valence-corrected chi connectivity index (χ2v) is 10.7. The molecule has 0 radical (unpaired) electrons. The molecule has 2 amide bonds. The largest absolute Gasteiger partial charge is 0.493 e. The average molecular weight is 550 g/mol. The third kappa shape index (κ3) is 8.27. The molecule has 0 unspecified atom stereocenters. The molecule has 37 heavy (non-hydrogen) atoms. The first kappa shape index (κ1) is 29.1. The Morgan fingerprint density at radius 1 is 1.05 bits per heavy atom. The van der Waals surface area contributed by atoms with Crippen molar-refractivity contribution < 1.29 is 19.1 Å². The van der Waals surface area contributed by atoms with E-state index in [1.165, 1.54) is 0 Å². The Kier molecular flexibility index (Phi) is 11.0. The predicted molar refractivity (Wildman–Crippen MR) is 149 cm³/mol. The molecule has 2 aromatic rings. The van der Waals surface area contributed by atoms with Crippen LogP contribution in [0.15, 0.2) is 42.5 Å². The third-order valence-corrected chi connectivity index (χ3v) is 7.26. The lowest BCUT2D eigenvalue weighted by atomic mass is 9.87. The molecule has 1 fully saturated rings. The molecule has 1 atom stereocenters. The van der Waals surface area contributed by atoms with Crippen LogP contribution in [0.3, 0.4) is 0 Å². The van der Waals surface area contributed by atoms with E-state index in [4.69, 9.17) is 32.7 Å². The van der Waals surface area contributed by atoms with Crippen molar-refractivity contribution in [3.63, 3.8) is 0 Å². The maximum absolute atomic E-state index is 13.8. The lowest BCUT2D eigenvalue weighted by molar-refractivity contribution is -0.139. The first-order chi connectivity index (χ1) is 17.7. The smallest absolute Gasteiger partial charge is 0.247 e. The Hall–Kier alpha value is -2.44. The van der Waals surface area contributed by atoms with Crippen molar-refractivity contribution in [2.24, 2.45) is 5.92 Å². The number of halogens is 2. The summed E-state index contributed by atoms with van der Waals surface area (Å²) in [5.74, 6) is 1.000. The van der Waals surface area contributed by atoms with E-state index < -0.39 is 6.04 Å². The summed E-state index contributed by atoms with van der Waals surface area (Å²) in [6.45, 7) is 6.43. The molecule has 0 heterocycles. The number of hydrogen-bond acceptors (Lipinski definition) is 4. The second kappa shape index (κ2) is 13.9. The Bertz CT molecular complexity index is 1040. The number of ether oxygens (including phenoxy) is 2. The molecule has 6 nitrogen and oxygen atoms in total. The summed E-state index contributed by atoms with van der Waals surface area (Å²) in [5, 5.41) is 3.87. The van der Waals surface area contributed by atoms with Gasteiger partial charge in [-0.15, -0.1) is 11.6 Å². The molecule has 2 aromatic carbocycles. The van der Waals surface area contributed by atoms with E-state index in [1.54, 1.807) is 24.1 Å². The van der Waals surface area contributed by atoms with Gasteiger partial charge in [-0.25, -0.2) is 0 Å². The average Bonchev–Trinajstić information content (AvgIpc) is 2.88. The molecular formula is C29H38Cl2N2O4. The fourth-order valence-corrected chi connectivity index (χ4v) is 5.02. The molecule has 1 N–H and O–H groups in total. The fourth-order valence-electron chi connectivity index (χ4n) is 4.74. The third-order valence-electron chi connectivity index (χ3n) is 6.78. The predicted octanol–water partition coefficient (Wildman–Crippen LogP) is 6.18. The van der Waals surface area contributed by atoms with Gasteiger partial charge in [0.15, 0.2) is 11.5 Å². The minimum Gasteiger partial charge on any atom is -0.493 e. The number of rotatable bonds is 11. The van der Waals surface area contributed by atoms with Crippen molar-refractivity contribution in [2.45, 2.75) is 71.1 Å². The van der Waals surface area contributed by atoms with Crippen LogP contribution in [0.4, 0.5) is 0 Å². The lowest BCUT2D eigenvalue weighted by Gasteiger charge is -2.34. The van der Waals surface area contributed by atoms with E-state index >= 15 is 0 Å². The van der Waals surface area contributed by atoms with Crippen LogP contribution in [0.2, 0.25) is 5.02 Å². The Morgan fingerprint density at radius 3 is 2.32 bits per heavy atom. The summed E-state index contributed by atoms with van der Waals surface area (Å²) in [4.78, 5) is 28.6. The van der Waals surface area contributed by atoms with Crippen LogP contribution >= 0.6 is 23.2 Å². The maximum atomic E-state index is 13.8. The molecule has 1 aliphatic carbocycles. The van der Waals surface area contributed by atoms with Crippen LogP contribution < -0.4 is 14.8 Å². The Morgan fingerprint density at radius 2 is 1.73 bits per heavy atom. The summed E-state index contributed by atoms with van der Waals surface area (Å²) in [6.07, 6.45) is 4.52. The number of carbonyl (C=O) groups is 2. The van der Waals surface area contributed by atoms with Gasteiger partial charge >= 0.3 is 0 Å². The van der Waals surface area contributed by atoms with Crippen LogP contribution in [0.5, 0.6) is 11.5 Å². The van der Waals surface area contributed by atoms with Crippen molar-refractivity contribution in [3.8, 4) is 11.5 Å². The Labute approximate surface area is 230 Å². The number of nitrogens with zero attached hydrogens (tertiary/aromatic N) is 1. The molecule has 0 saturated heterocycles. The zero-order valence-electron chi connectivity index (χ0n) is 22.1.